The molecular weight excluding hydrogens is 232 g/mol. The molecule has 0 aliphatic heterocycles. The summed E-state index contributed by atoms with van der Waals surface area (Å²) in [5.41, 5.74) is 13.5. The van der Waals surface area contributed by atoms with E-state index in [2.05, 4.69) is 27.7 Å². The van der Waals surface area contributed by atoms with E-state index in [1.165, 1.54) is 51.4 Å². The first kappa shape index (κ1) is 15.3. The Morgan fingerprint density at radius 2 is 1.00 bits per heavy atom. The molecule has 2 rings (SSSR count). The molecule has 0 spiro atoms. The second-order valence-corrected chi connectivity index (χ2v) is 8.42. The lowest BCUT2D eigenvalue weighted by Gasteiger charge is -2.59. The highest BCUT2D eigenvalue weighted by molar-refractivity contribution is 5.04. The average molecular weight is 266 g/mol. The monoisotopic (exact) mass is 266 g/mol. The molecule has 2 aliphatic rings. The van der Waals surface area contributed by atoms with Gasteiger partial charge in [-0.2, -0.15) is 0 Å². The van der Waals surface area contributed by atoms with Crippen LogP contribution in [0.25, 0.3) is 0 Å². The van der Waals surface area contributed by atoms with Crippen molar-refractivity contribution in [1.29, 1.82) is 0 Å². The van der Waals surface area contributed by atoms with Crippen LogP contribution in [0.15, 0.2) is 0 Å². The van der Waals surface area contributed by atoms with Crippen molar-refractivity contribution < 1.29 is 0 Å². The van der Waals surface area contributed by atoms with Crippen LogP contribution in [0.1, 0.15) is 79.1 Å². The van der Waals surface area contributed by atoms with Crippen LogP contribution in [0.2, 0.25) is 0 Å². The SMILES string of the molecule is CC1(C(C)(C)C2(C)CCC(N)CC2)CCC(N)CC1. The molecule has 19 heavy (non-hydrogen) atoms. The van der Waals surface area contributed by atoms with Crippen LogP contribution < -0.4 is 11.5 Å². The molecule has 2 saturated carbocycles. The topological polar surface area (TPSA) is 52.0 Å². The summed E-state index contributed by atoms with van der Waals surface area (Å²) in [4.78, 5) is 0. The molecule has 0 aromatic carbocycles. The van der Waals surface area contributed by atoms with Gasteiger partial charge in [0.05, 0.1) is 0 Å². The molecule has 0 saturated heterocycles. The van der Waals surface area contributed by atoms with Gasteiger partial charge in [-0.05, 0) is 67.6 Å². The zero-order chi connectivity index (χ0) is 14.3. The smallest absolute Gasteiger partial charge is 0.00392 e. The fourth-order valence-electron chi connectivity index (χ4n) is 4.53. The normalized spacial score (nSPS) is 45.2. The zero-order valence-electron chi connectivity index (χ0n) is 13.5. The summed E-state index contributed by atoms with van der Waals surface area (Å²) in [7, 11) is 0. The van der Waals surface area contributed by atoms with Crippen molar-refractivity contribution in [2.24, 2.45) is 27.7 Å². The summed E-state index contributed by atoms with van der Waals surface area (Å²) >= 11 is 0. The van der Waals surface area contributed by atoms with Gasteiger partial charge in [0, 0.05) is 12.1 Å². The molecule has 0 aromatic rings. The molecule has 0 bridgehead atoms. The van der Waals surface area contributed by atoms with Crippen molar-refractivity contribution in [3.63, 3.8) is 0 Å². The van der Waals surface area contributed by atoms with Gasteiger partial charge in [-0.1, -0.05) is 27.7 Å². The number of hydrogen-bond donors (Lipinski definition) is 2. The standard InChI is InChI=1S/C17H34N2/c1-15(2,16(3)9-5-13(18)6-10-16)17(4)11-7-14(19)8-12-17/h13-14H,5-12,18-19H2,1-4H3. The van der Waals surface area contributed by atoms with Crippen molar-refractivity contribution in [1.82, 2.24) is 0 Å². The summed E-state index contributed by atoms with van der Waals surface area (Å²) < 4.78 is 0. The van der Waals surface area contributed by atoms with E-state index in [4.69, 9.17) is 11.5 Å². The van der Waals surface area contributed by atoms with Gasteiger partial charge in [-0.3, -0.25) is 0 Å². The van der Waals surface area contributed by atoms with E-state index in [0.717, 1.165) is 0 Å². The third-order valence-electron chi connectivity index (χ3n) is 7.29. The van der Waals surface area contributed by atoms with Crippen molar-refractivity contribution in [2.45, 2.75) is 91.1 Å². The van der Waals surface area contributed by atoms with Gasteiger partial charge in [0.2, 0.25) is 0 Å². The number of rotatable bonds is 2. The summed E-state index contributed by atoms with van der Waals surface area (Å²) in [6.45, 7) is 10.1. The second-order valence-electron chi connectivity index (χ2n) is 8.42. The van der Waals surface area contributed by atoms with Crippen molar-refractivity contribution in [3.8, 4) is 0 Å². The van der Waals surface area contributed by atoms with Gasteiger partial charge in [0.1, 0.15) is 0 Å². The highest BCUT2D eigenvalue weighted by Crippen LogP contribution is 2.61. The van der Waals surface area contributed by atoms with E-state index in [0.29, 0.717) is 28.3 Å². The van der Waals surface area contributed by atoms with Crippen LogP contribution in [0.3, 0.4) is 0 Å². The fraction of sp³-hybridized carbons (Fsp3) is 1.00. The molecular formula is C17H34N2. The van der Waals surface area contributed by atoms with Crippen LogP contribution in [-0.4, -0.2) is 12.1 Å². The molecule has 2 aliphatic carbocycles. The van der Waals surface area contributed by atoms with Crippen LogP contribution >= 0.6 is 0 Å². The summed E-state index contributed by atoms with van der Waals surface area (Å²) in [6.07, 6.45) is 9.99. The molecule has 0 radical (unpaired) electrons. The molecule has 0 aromatic heterocycles. The predicted octanol–water partition coefficient (Wildman–Crippen LogP) is 3.83. The molecule has 2 nitrogen and oxygen atoms in total. The second kappa shape index (κ2) is 5.04. The van der Waals surface area contributed by atoms with Crippen LogP contribution in [0.4, 0.5) is 0 Å². The molecule has 0 unspecified atom stereocenters. The minimum absolute atomic E-state index is 0.375. The molecule has 0 atom stereocenters. The highest BCUT2D eigenvalue weighted by atomic mass is 14.7. The molecule has 2 heteroatoms. The lowest BCUT2D eigenvalue weighted by atomic mass is 9.46. The molecule has 0 heterocycles. The van der Waals surface area contributed by atoms with E-state index in [9.17, 15) is 0 Å². The van der Waals surface area contributed by atoms with E-state index in [1.807, 2.05) is 0 Å². The minimum atomic E-state index is 0.375. The first-order valence-electron chi connectivity index (χ1n) is 8.21. The summed E-state index contributed by atoms with van der Waals surface area (Å²) in [5.74, 6) is 0. The van der Waals surface area contributed by atoms with Gasteiger partial charge in [-0.15, -0.1) is 0 Å². The summed E-state index contributed by atoms with van der Waals surface area (Å²) in [5, 5.41) is 0. The maximum absolute atomic E-state index is 6.11. The van der Waals surface area contributed by atoms with Crippen molar-refractivity contribution >= 4 is 0 Å². The van der Waals surface area contributed by atoms with Gasteiger partial charge < -0.3 is 11.5 Å². The van der Waals surface area contributed by atoms with Crippen LogP contribution in [0, 0.1) is 16.2 Å². The summed E-state index contributed by atoms with van der Waals surface area (Å²) in [6, 6.07) is 0.882. The lowest BCUT2D eigenvalue weighted by Crippen LogP contribution is -2.52. The zero-order valence-corrected chi connectivity index (χ0v) is 13.5. The number of hydrogen-bond acceptors (Lipinski definition) is 2. The third-order valence-corrected chi connectivity index (χ3v) is 7.29. The Balaban J connectivity index is 2.16. The van der Waals surface area contributed by atoms with Gasteiger partial charge in [0.25, 0.3) is 0 Å². The minimum Gasteiger partial charge on any atom is -0.328 e. The van der Waals surface area contributed by atoms with Crippen molar-refractivity contribution in [2.75, 3.05) is 0 Å². The Labute approximate surface area is 119 Å². The Kier molecular flexibility index (Phi) is 4.06. The fourth-order valence-corrected chi connectivity index (χ4v) is 4.53. The Morgan fingerprint density at radius 1 is 0.737 bits per heavy atom. The quantitative estimate of drug-likeness (QED) is 0.798. The highest BCUT2D eigenvalue weighted by Gasteiger charge is 2.53. The van der Waals surface area contributed by atoms with Gasteiger partial charge in [0.15, 0.2) is 0 Å². The maximum atomic E-state index is 6.11. The van der Waals surface area contributed by atoms with E-state index in [1.54, 1.807) is 0 Å². The first-order chi connectivity index (χ1) is 8.70. The van der Waals surface area contributed by atoms with E-state index < -0.39 is 0 Å². The van der Waals surface area contributed by atoms with Gasteiger partial charge in [-0.25, -0.2) is 0 Å². The molecule has 0 amide bonds. The van der Waals surface area contributed by atoms with E-state index in [-0.39, 0.29) is 0 Å². The van der Waals surface area contributed by atoms with Crippen LogP contribution in [0.5, 0.6) is 0 Å². The maximum Gasteiger partial charge on any atom is 0.00392 e. The first-order valence-corrected chi connectivity index (χ1v) is 8.21. The largest absolute Gasteiger partial charge is 0.328 e. The molecule has 4 N–H and O–H groups in total. The van der Waals surface area contributed by atoms with Crippen LogP contribution in [-0.2, 0) is 0 Å². The van der Waals surface area contributed by atoms with E-state index >= 15 is 0 Å². The number of nitrogens with two attached hydrogens (primary N) is 2. The predicted molar refractivity (Wildman–Crippen MR) is 82.9 cm³/mol. The lowest BCUT2D eigenvalue weighted by molar-refractivity contribution is -0.0857. The third kappa shape index (κ3) is 2.58. The Hall–Kier alpha value is -0.0800. The van der Waals surface area contributed by atoms with Crippen molar-refractivity contribution in [3.05, 3.63) is 0 Å². The molecule has 2 fully saturated rings. The average Bonchev–Trinajstić information content (AvgIpc) is 2.36. The molecule has 112 valence electrons. The van der Waals surface area contributed by atoms with Gasteiger partial charge >= 0.3 is 0 Å². The Bertz CT molecular complexity index is 275. The Morgan fingerprint density at radius 3 is 1.26 bits per heavy atom.